The van der Waals surface area contributed by atoms with Crippen LogP contribution in [0.3, 0.4) is 0 Å². The molecule has 0 radical (unpaired) electrons. The summed E-state index contributed by atoms with van der Waals surface area (Å²) in [5.74, 6) is -0.0580. The highest BCUT2D eigenvalue weighted by Crippen LogP contribution is 2.28. The lowest BCUT2D eigenvalue weighted by atomic mass is 10.0. The van der Waals surface area contributed by atoms with E-state index in [0.717, 1.165) is 57.1 Å². The standard InChI is InChI=1S/C17H18BrNO.C10H14BrN.C7H5ClO/c1-3-12-10-15(18)11-13(4-2)16(12)19-17(20)14-8-6-5-7-9-14;1-3-7-5-9(11)6-8(4-2)10(7)12;8-7(9)6-4-2-1-3-5-6/h5-11H,3-4H2,1-2H3,(H,19,20);5-6H,3-4,12H2,1-2H3;1-5H. The lowest BCUT2D eigenvalue weighted by molar-refractivity contribution is 0.102. The maximum absolute atomic E-state index is 12.3. The molecule has 0 saturated carbocycles. The molecule has 41 heavy (non-hydrogen) atoms. The van der Waals surface area contributed by atoms with E-state index in [1.54, 1.807) is 24.3 Å². The number of anilines is 2. The van der Waals surface area contributed by atoms with Crippen LogP contribution in [0.15, 0.2) is 93.9 Å². The Morgan fingerprint density at radius 3 is 1.37 bits per heavy atom. The smallest absolute Gasteiger partial charge is 0.255 e. The largest absolute Gasteiger partial charge is 0.398 e. The highest BCUT2D eigenvalue weighted by atomic mass is 79.9. The number of nitrogens with two attached hydrogens (primary N) is 1. The first-order valence-corrected chi connectivity index (χ1v) is 15.6. The molecule has 3 N–H and O–H groups in total. The van der Waals surface area contributed by atoms with Crippen molar-refractivity contribution < 1.29 is 9.59 Å². The zero-order valence-corrected chi connectivity index (χ0v) is 27.9. The first kappa shape index (κ1) is 34.3. The summed E-state index contributed by atoms with van der Waals surface area (Å²) < 4.78 is 2.19. The van der Waals surface area contributed by atoms with Gasteiger partial charge < -0.3 is 11.1 Å². The minimum Gasteiger partial charge on any atom is -0.398 e. The van der Waals surface area contributed by atoms with Gasteiger partial charge >= 0.3 is 0 Å². The molecule has 4 aromatic rings. The number of carbonyl (C=O) groups excluding carboxylic acids is 2. The zero-order chi connectivity index (χ0) is 30.4. The molecule has 0 aliphatic carbocycles. The number of rotatable bonds is 7. The normalized spacial score (nSPS) is 10.0. The molecule has 7 heteroatoms. The van der Waals surface area contributed by atoms with Gasteiger partial charge in [-0.25, -0.2) is 0 Å². The van der Waals surface area contributed by atoms with Crippen molar-refractivity contribution >= 4 is 66.0 Å². The third kappa shape index (κ3) is 10.8. The Bertz CT molecular complexity index is 1380. The Kier molecular flexibility index (Phi) is 14.9. The third-order valence-electron chi connectivity index (χ3n) is 6.38. The van der Waals surface area contributed by atoms with E-state index in [1.807, 2.05) is 36.4 Å². The second kappa shape index (κ2) is 17.8. The molecule has 0 aliphatic heterocycles. The van der Waals surface area contributed by atoms with Crippen LogP contribution in [0.25, 0.3) is 0 Å². The molecule has 0 bridgehead atoms. The maximum atomic E-state index is 12.3. The highest BCUT2D eigenvalue weighted by molar-refractivity contribution is 9.10. The molecule has 0 atom stereocenters. The SMILES string of the molecule is CCc1cc(Br)cc(CC)c1N.CCc1cc(Br)cc(CC)c1NC(=O)c1ccccc1.O=C(Cl)c1ccccc1. The van der Waals surface area contributed by atoms with E-state index in [2.05, 4.69) is 89.1 Å². The molecular formula is C34H37Br2ClN2O2. The second-order valence-electron chi connectivity index (χ2n) is 9.11. The lowest BCUT2D eigenvalue weighted by Gasteiger charge is -2.15. The number of amides is 1. The van der Waals surface area contributed by atoms with Crippen LogP contribution in [0, 0.1) is 0 Å². The summed E-state index contributed by atoms with van der Waals surface area (Å²) in [5, 5.41) is 2.66. The molecule has 4 nitrogen and oxygen atoms in total. The van der Waals surface area contributed by atoms with Gasteiger partial charge in [-0.1, -0.05) is 108 Å². The van der Waals surface area contributed by atoms with Crippen LogP contribution < -0.4 is 11.1 Å². The molecule has 4 rings (SSSR count). The van der Waals surface area contributed by atoms with E-state index >= 15 is 0 Å². The molecule has 1 amide bonds. The van der Waals surface area contributed by atoms with E-state index < -0.39 is 5.24 Å². The summed E-state index contributed by atoms with van der Waals surface area (Å²) >= 11 is 12.2. The van der Waals surface area contributed by atoms with Gasteiger partial charge in [-0.3, -0.25) is 9.59 Å². The average molecular weight is 701 g/mol. The molecule has 0 unspecified atom stereocenters. The van der Waals surface area contributed by atoms with Crippen molar-refractivity contribution in [2.45, 2.75) is 53.4 Å². The van der Waals surface area contributed by atoms with Gasteiger partial charge in [-0.05, 0) is 95.9 Å². The summed E-state index contributed by atoms with van der Waals surface area (Å²) in [4.78, 5) is 22.7. The van der Waals surface area contributed by atoms with E-state index in [0.29, 0.717) is 11.1 Å². The monoisotopic (exact) mass is 698 g/mol. The molecule has 0 saturated heterocycles. The van der Waals surface area contributed by atoms with Crippen LogP contribution in [0.5, 0.6) is 0 Å². The molecular weight excluding hydrogens is 664 g/mol. The van der Waals surface area contributed by atoms with Crippen LogP contribution >= 0.6 is 43.5 Å². The van der Waals surface area contributed by atoms with Crippen LogP contribution in [-0.4, -0.2) is 11.1 Å². The quantitative estimate of drug-likeness (QED) is 0.149. The molecule has 4 aromatic carbocycles. The third-order valence-corrected chi connectivity index (χ3v) is 7.52. The van der Waals surface area contributed by atoms with Crippen molar-refractivity contribution in [2.24, 2.45) is 0 Å². The van der Waals surface area contributed by atoms with Crippen molar-refractivity contribution in [3.63, 3.8) is 0 Å². The van der Waals surface area contributed by atoms with Gasteiger partial charge in [-0.2, -0.15) is 0 Å². The second-order valence-corrected chi connectivity index (χ2v) is 11.3. The van der Waals surface area contributed by atoms with Gasteiger partial charge in [0.15, 0.2) is 0 Å². The Morgan fingerprint density at radius 1 is 0.659 bits per heavy atom. The van der Waals surface area contributed by atoms with E-state index in [1.165, 1.54) is 11.1 Å². The Morgan fingerprint density at radius 2 is 1.02 bits per heavy atom. The average Bonchev–Trinajstić information content (AvgIpc) is 3.00. The Hall–Kier alpha value is -2.93. The summed E-state index contributed by atoms with van der Waals surface area (Å²) in [6, 6.07) is 26.4. The number of halogens is 3. The number of hydrogen-bond donors (Lipinski definition) is 2. The zero-order valence-electron chi connectivity index (χ0n) is 23.9. The number of nitrogen functional groups attached to an aromatic ring is 1. The summed E-state index contributed by atoms with van der Waals surface area (Å²) in [6.45, 7) is 8.44. The van der Waals surface area contributed by atoms with Gasteiger partial charge in [0, 0.05) is 31.4 Å². The van der Waals surface area contributed by atoms with Crippen molar-refractivity contribution in [3.05, 3.63) is 127 Å². The summed E-state index contributed by atoms with van der Waals surface area (Å²) in [5.41, 5.74) is 13.9. The van der Waals surface area contributed by atoms with Crippen molar-refractivity contribution in [1.29, 1.82) is 0 Å². The highest BCUT2D eigenvalue weighted by Gasteiger charge is 2.12. The number of benzene rings is 4. The molecule has 0 aliphatic rings. The van der Waals surface area contributed by atoms with Gasteiger partial charge in [0.05, 0.1) is 0 Å². The van der Waals surface area contributed by atoms with E-state index in [4.69, 9.17) is 17.3 Å². The van der Waals surface area contributed by atoms with Crippen molar-refractivity contribution in [3.8, 4) is 0 Å². The van der Waals surface area contributed by atoms with Crippen LogP contribution in [0.1, 0.15) is 70.7 Å². The van der Waals surface area contributed by atoms with Crippen LogP contribution in [-0.2, 0) is 25.7 Å². The maximum Gasteiger partial charge on any atom is 0.255 e. The molecule has 0 spiro atoms. The number of aryl methyl sites for hydroxylation is 4. The first-order chi connectivity index (χ1) is 19.6. The summed E-state index contributed by atoms with van der Waals surface area (Å²) in [6.07, 6.45) is 3.77. The minimum absolute atomic E-state index is 0.0580. The van der Waals surface area contributed by atoms with Crippen LogP contribution in [0.4, 0.5) is 11.4 Å². The molecule has 0 fully saturated rings. The number of nitrogens with one attached hydrogen (secondary N) is 1. The topological polar surface area (TPSA) is 72.2 Å². The van der Waals surface area contributed by atoms with Crippen molar-refractivity contribution in [2.75, 3.05) is 11.1 Å². The number of hydrogen-bond acceptors (Lipinski definition) is 3. The van der Waals surface area contributed by atoms with Crippen LogP contribution in [0.2, 0.25) is 0 Å². The van der Waals surface area contributed by atoms with Gasteiger partial charge in [0.1, 0.15) is 0 Å². The first-order valence-electron chi connectivity index (χ1n) is 13.6. The summed E-state index contributed by atoms with van der Waals surface area (Å²) in [7, 11) is 0. The molecule has 0 heterocycles. The van der Waals surface area contributed by atoms with E-state index in [-0.39, 0.29) is 5.91 Å². The fourth-order valence-corrected chi connectivity index (χ4v) is 5.34. The van der Waals surface area contributed by atoms with Gasteiger partial charge in [0.25, 0.3) is 11.1 Å². The van der Waals surface area contributed by atoms with Gasteiger partial charge in [0.2, 0.25) is 0 Å². The van der Waals surface area contributed by atoms with Crippen molar-refractivity contribution in [1.82, 2.24) is 0 Å². The van der Waals surface area contributed by atoms with E-state index in [9.17, 15) is 9.59 Å². The lowest BCUT2D eigenvalue weighted by Crippen LogP contribution is -2.14. The fourth-order valence-electron chi connectivity index (χ4n) is 4.11. The predicted octanol–water partition coefficient (Wildman–Crippen LogP) is 10.0. The fraction of sp³-hybridized carbons (Fsp3) is 0.235. The minimum atomic E-state index is -0.407. The molecule has 0 aromatic heterocycles. The predicted molar refractivity (Wildman–Crippen MR) is 181 cm³/mol. The number of carbonyl (C=O) groups is 2. The Balaban J connectivity index is 0.000000237. The Labute approximate surface area is 266 Å². The molecule has 216 valence electrons. The van der Waals surface area contributed by atoms with Gasteiger partial charge in [-0.15, -0.1) is 0 Å².